The summed E-state index contributed by atoms with van der Waals surface area (Å²) >= 11 is 2.58. The second-order valence-corrected chi connectivity index (χ2v) is 5.93. The fourth-order valence-electron chi connectivity index (χ4n) is 1.36. The molecule has 5 heteroatoms. The van der Waals surface area contributed by atoms with Crippen LogP contribution >= 0.6 is 23.5 Å². The normalized spacial score (nSPS) is 10.3. The van der Waals surface area contributed by atoms with Gasteiger partial charge in [0, 0.05) is 9.79 Å². The molecule has 0 aromatic heterocycles. The molecule has 0 fully saturated rings. The summed E-state index contributed by atoms with van der Waals surface area (Å²) in [5.74, 6) is 0.764. The first-order valence-corrected chi connectivity index (χ1v) is 7.35. The first kappa shape index (κ1) is 13.8. The molecule has 0 bridgehead atoms. The Balaban J connectivity index is 1.84. The van der Waals surface area contributed by atoms with E-state index in [1.807, 2.05) is 0 Å². The van der Waals surface area contributed by atoms with E-state index in [-0.39, 0.29) is 16.6 Å². The van der Waals surface area contributed by atoms with E-state index in [4.69, 9.17) is 10.2 Å². The van der Waals surface area contributed by atoms with Crippen LogP contribution in [0, 0.1) is 0 Å². The number of hydrogen-bond acceptors (Lipinski definition) is 5. The van der Waals surface area contributed by atoms with E-state index in [1.165, 1.54) is 11.8 Å². The van der Waals surface area contributed by atoms with Gasteiger partial charge < -0.3 is 10.2 Å². The van der Waals surface area contributed by atoms with Gasteiger partial charge >= 0.3 is 0 Å². The average Bonchev–Trinajstić information content (AvgIpc) is 2.41. The van der Waals surface area contributed by atoms with Gasteiger partial charge in [-0.25, -0.2) is 0 Å². The Kier molecular flexibility index (Phi) is 4.76. The van der Waals surface area contributed by atoms with Crippen molar-refractivity contribution >= 4 is 28.6 Å². The zero-order chi connectivity index (χ0) is 13.7. The predicted octanol–water partition coefficient (Wildman–Crippen LogP) is 3.51. The lowest BCUT2D eigenvalue weighted by Crippen LogP contribution is -1.94. The summed E-state index contributed by atoms with van der Waals surface area (Å²) < 4.78 is 0. The highest BCUT2D eigenvalue weighted by Gasteiger charge is 2.06. The van der Waals surface area contributed by atoms with Crippen molar-refractivity contribution in [1.82, 2.24) is 0 Å². The number of aromatic hydroxyl groups is 2. The lowest BCUT2D eigenvalue weighted by molar-refractivity contribution is -0.108. The Morgan fingerprint density at radius 3 is 1.84 bits per heavy atom. The first-order valence-electron chi connectivity index (χ1n) is 5.55. The zero-order valence-corrected chi connectivity index (χ0v) is 11.6. The van der Waals surface area contributed by atoms with Gasteiger partial charge in [0.05, 0.1) is 5.75 Å². The molecule has 2 N–H and O–H groups in total. The largest absolute Gasteiger partial charge is 0.508 e. The number of rotatable bonds is 4. The highest BCUT2D eigenvalue weighted by molar-refractivity contribution is 8.15. The van der Waals surface area contributed by atoms with E-state index in [9.17, 15) is 4.79 Å². The fourth-order valence-corrected chi connectivity index (χ4v) is 2.92. The SMILES string of the molecule is O=C(CSc1ccc(O)cc1)Sc1ccc(O)cc1. The molecule has 0 heterocycles. The molecule has 0 aliphatic heterocycles. The van der Waals surface area contributed by atoms with Gasteiger partial charge in [0.2, 0.25) is 5.12 Å². The fraction of sp³-hybridized carbons (Fsp3) is 0.0714. The molecular formula is C14H12O3S2. The minimum Gasteiger partial charge on any atom is -0.508 e. The Morgan fingerprint density at radius 2 is 1.32 bits per heavy atom. The van der Waals surface area contributed by atoms with E-state index < -0.39 is 0 Å². The van der Waals surface area contributed by atoms with Crippen molar-refractivity contribution in [3.05, 3.63) is 48.5 Å². The Hall–Kier alpha value is -1.59. The molecule has 0 radical (unpaired) electrons. The third-order valence-electron chi connectivity index (χ3n) is 2.26. The van der Waals surface area contributed by atoms with Crippen LogP contribution < -0.4 is 0 Å². The number of phenols is 2. The van der Waals surface area contributed by atoms with Crippen LogP contribution in [0.4, 0.5) is 0 Å². The molecule has 2 aromatic carbocycles. The van der Waals surface area contributed by atoms with E-state index in [0.29, 0.717) is 5.75 Å². The summed E-state index contributed by atoms with van der Waals surface area (Å²) in [6.07, 6.45) is 0. The summed E-state index contributed by atoms with van der Waals surface area (Å²) in [4.78, 5) is 13.5. The summed E-state index contributed by atoms with van der Waals surface area (Å²) in [6, 6.07) is 13.3. The number of hydrogen-bond donors (Lipinski definition) is 2. The van der Waals surface area contributed by atoms with Crippen molar-refractivity contribution < 1.29 is 15.0 Å². The van der Waals surface area contributed by atoms with Crippen LogP contribution in [0.2, 0.25) is 0 Å². The third-order valence-corrected chi connectivity index (χ3v) is 4.34. The lowest BCUT2D eigenvalue weighted by Gasteiger charge is -2.02. The average molecular weight is 292 g/mol. The summed E-state index contributed by atoms with van der Waals surface area (Å²) in [7, 11) is 0. The molecule has 0 aliphatic carbocycles. The molecule has 0 saturated heterocycles. The molecule has 0 aliphatic rings. The molecule has 0 unspecified atom stereocenters. The van der Waals surface area contributed by atoms with E-state index in [2.05, 4.69) is 0 Å². The van der Waals surface area contributed by atoms with Gasteiger partial charge in [0.25, 0.3) is 0 Å². The molecular weight excluding hydrogens is 280 g/mol. The Morgan fingerprint density at radius 1 is 0.842 bits per heavy atom. The van der Waals surface area contributed by atoms with Crippen LogP contribution in [0.3, 0.4) is 0 Å². The van der Waals surface area contributed by atoms with E-state index in [0.717, 1.165) is 21.6 Å². The van der Waals surface area contributed by atoms with Crippen LogP contribution in [-0.2, 0) is 4.79 Å². The second-order valence-electron chi connectivity index (χ2n) is 3.75. The molecule has 19 heavy (non-hydrogen) atoms. The van der Waals surface area contributed by atoms with Crippen molar-refractivity contribution in [2.75, 3.05) is 5.75 Å². The summed E-state index contributed by atoms with van der Waals surface area (Å²) in [5, 5.41) is 18.3. The lowest BCUT2D eigenvalue weighted by atomic mass is 10.3. The van der Waals surface area contributed by atoms with Crippen LogP contribution in [0.5, 0.6) is 11.5 Å². The highest BCUT2D eigenvalue weighted by Crippen LogP contribution is 2.26. The third kappa shape index (κ3) is 4.54. The molecule has 0 atom stereocenters. The highest BCUT2D eigenvalue weighted by atomic mass is 32.2. The van der Waals surface area contributed by atoms with Crippen LogP contribution in [0.15, 0.2) is 58.3 Å². The summed E-state index contributed by atoms with van der Waals surface area (Å²) in [5.41, 5.74) is 0. The topological polar surface area (TPSA) is 57.5 Å². The van der Waals surface area contributed by atoms with Crippen LogP contribution in [-0.4, -0.2) is 21.1 Å². The maximum absolute atomic E-state index is 11.8. The van der Waals surface area contributed by atoms with Crippen molar-refractivity contribution in [1.29, 1.82) is 0 Å². The van der Waals surface area contributed by atoms with Gasteiger partial charge in [-0.1, -0.05) is 11.8 Å². The molecule has 3 nitrogen and oxygen atoms in total. The molecule has 98 valence electrons. The maximum atomic E-state index is 11.8. The van der Waals surface area contributed by atoms with Crippen LogP contribution in [0.25, 0.3) is 0 Å². The Bertz CT molecular complexity index is 550. The monoisotopic (exact) mass is 292 g/mol. The smallest absolute Gasteiger partial charge is 0.203 e. The van der Waals surface area contributed by atoms with Crippen molar-refractivity contribution in [3.8, 4) is 11.5 Å². The van der Waals surface area contributed by atoms with Gasteiger partial charge in [0.15, 0.2) is 0 Å². The number of carbonyl (C=O) groups is 1. The molecule has 0 amide bonds. The van der Waals surface area contributed by atoms with Gasteiger partial charge in [-0.3, -0.25) is 4.79 Å². The number of phenolic OH excluding ortho intramolecular Hbond substituents is 2. The minimum absolute atomic E-state index is 0.0452. The molecule has 0 spiro atoms. The quantitative estimate of drug-likeness (QED) is 0.845. The minimum atomic E-state index is 0.0452. The molecule has 2 aromatic rings. The van der Waals surface area contributed by atoms with Crippen molar-refractivity contribution in [2.45, 2.75) is 9.79 Å². The zero-order valence-electron chi connectivity index (χ0n) is 9.95. The first-order chi connectivity index (χ1) is 9.13. The standard InChI is InChI=1S/C14H12O3S2/c15-10-1-5-12(6-2-10)18-9-14(17)19-13-7-3-11(16)4-8-13/h1-8,15-16H,9H2. The van der Waals surface area contributed by atoms with Gasteiger partial charge in [-0.05, 0) is 48.5 Å². The number of benzene rings is 2. The maximum Gasteiger partial charge on any atom is 0.203 e. The van der Waals surface area contributed by atoms with Crippen molar-refractivity contribution in [3.63, 3.8) is 0 Å². The van der Waals surface area contributed by atoms with E-state index in [1.54, 1.807) is 48.5 Å². The molecule has 0 saturated carbocycles. The number of carbonyl (C=O) groups excluding carboxylic acids is 1. The summed E-state index contributed by atoms with van der Waals surface area (Å²) in [6.45, 7) is 0. The molecule has 2 rings (SSSR count). The van der Waals surface area contributed by atoms with Gasteiger partial charge in [-0.15, -0.1) is 11.8 Å². The number of thioether (sulfide) groups is 2. The predicted molar refractivity (Wildman–Crippen MR) is 77.8 cm³/mol. The van der Waals surface area contributed by atoms with E-state index >= 15 is 0 Å². The Labute approximate surface area is 119 Å². The van der Waals surface area contributed by atoms with Crippen LogP contribution in [0.1, 0.15) is 0 Å². The van der Waals surface area contributed by atoms with Gasteiger partial charge in [-0.2, -0.15) is 0 Å². The van der Waals surface area contributed by atoms with Crippen molar-refractivity contribution in [2.24, 2.45) is 0 Å². The second kappa shape index (κ2) is 6.54. The van der Waals surface area contributed by atoms with Gasteiger partial charge in [0.1, 0.15) is 11.5 Å².